The topological polar surface area (TPSA) is 67.2 Å². The van der Waals surface area contributed by atoms with Gasteiger partial charge in [-0.2, -0.15) is 5.10 Å². The highest BCUT2D eigenvalue weighted by molar-refractivity contribution is 6.02. The fraction of sp³-hybridized carbons (Fsp3) is 0.261. The number of benzene rings is 2. The first-order valence-electron chi connectivity index (χ1n) is 9.94. The van der Waals surface area contributed by atoms with E-state index in [0.29, 0.717) is 11.4 Å². The Morgan fingerprint density at radius 2 is 1.62 bits per heavy atom. The molecule has 0 atom stereocenters. The molecule has 148 valence electrons. The maximum atomic E-state index is 12.7. The highest BCUT2D eigenvalue weighted by Gasteiger charge is 2.16. The molecule has 1 aliphatic heterocycles. The summed E-state index contributed by atoms with van der Waals surface area (Å²) in [4.78, 5) is 27.4. The number of amides is 1. The Hall–Kier alpha value is -3.41. The van der Waals surface area contributed by atoms with Crippen molar-refractivity contribution in [2.24, 2.45) is 0 Å². The number of anilines is 2. The second-order valence-corrected chi connectivity index (χ2v) is 7.29. The molecule has 1 fully saturated rings. The van der Waals surface area contributed by atoms with Crippen molar-refractivity contribution in [1.82, 2.24) is 9.78 Å². The van der Waals surface area contributed by atoms with E-state index >= 15 is 0 Å². The number of para-hydroxylation sites is 1. The van der Waals surface area contributed by atoms with Crippen LogP contribution >= 0.6 is 0 Å². The van der Waals surface area contributed by atoms with E-state index in [2.05, 4.69) is 15.3 Å². The van der Waals surface area contributed by atoms with Crippen LogP contribution in [0.25, 0.3) is 5.69 Å². The van der Waals surface area contributed by atoms with Gasteiger partial charge in [-0.1, -0.05) is 18.2 Å². The van der Waals surface area contributed by atoms with Gasteiger partial charge >= 0.3 is 0 Å². The van der Waals surface area contributed by atoms with E-state index in [0.717, 1.165) is 24.5 Å². The molecular formula is C23H24N4O2. The number of aryl methyl sites for hydroxylation is 1. The summed E-state index contributed by atoms with van der Waals surface area (Å²) in [5, 5.41) is 7.11. The molecule has 2 heterocycles. The second kappa shape index (κ2) is 8.31. The van der Waals surface area contributed by atoms with Gasteiger partial charge < -0.3 is 10.2 Å². The molecule has 0 radical (unpaired) electrons. The molecule has 3 aromatic rings. The van der Waals surface area contributed by atoms with Crippen LogP contribution < -0.4 is 15.6 Å². The summed E-state index contributed by atoms with van der Waals surface area (Å²) in [5.41, 5.74) is 2.75. The van der Waals surface area contributed by atoms with E-state index in [1.165, 1.54) is 25.3 Å². The Labute approximate surface area is 169 Å². The molecule has 1 amide bonds. The summed E-state index contributed by atoms with van der Waals surface area (Å²) in [5.74, 6) is -0.509. The van der Waals surface area contributed by atoms with Crippen molar-refractivity contribution in [2.75, 3.05) is 23.3 Å². The molecule has 29 heavy (non-hydrogen) atoms. The molecule has 1 saturated heterocycles. The first-order chi connectivity index (χ1) is 14.1. The van der Waals surface area contributed by atoms with Crippen molar-refractivity contribution in [1.29, 1.82) is 0 Å². The number of nitrogens with one attached hydrogen (secondary N) is 1. The largest absolute Gasteiger partial charge is 0.372 e. The molecular weight excluding hydrogens is 364 g/mol. The number of rotatable bonds is 4. The van der Waals surface area contributed by atoms with Crippen molar-refractivity contribution >= 4 is 17.3 Å². The lowest BCUT2D eigenvalue weighted by molar-refractivity contribution is 0.101. The van der Waals surface area contributed by atoms with Crippen molar-refractivity contribution in [3.05, 3.63) is 82.3 Å². The van der Waals surface area contributed by atoms with Crippen LogP contribution in [0.4, 0.5) is 11.4 Å². The third kappa shape index (κ3) is 4.21. The average molecular weight is 388 g/mol. The molecule has 4 rings (SSSR count). The summed E-state index contributed by atoms with van der Waals surface area (Å²) in [6.07, 6.45) is 3.71. The molecule has 1 N–H and O–H groups in total. The summed E-state index contributed by atoms with van der Waals surface area (Å²) < 4.78 is 1.61. The number of hydrogen-bond donors (Lipinski definition) is 1. The van der Waals surface area contributed by atoms with Gasteiger partial charge in [0.15, 0.2) is 5.69 Å². The summed E-state index contributed by atoms with van der Waals surface area (Å²) >= 11 is 0. The Morgan fingerprint density at radius 1 is 0.931 bits per heavy atom. The normalized spacial score (nSPS) is 13.9. The zero-order valence-electron chi connectivity index (χ0n) is 16.5. The van der Waals surface area contributed by atoms with E-state index in [1.807, 2.05) is 54.6 Å². The number of piperidine rings is 1. The molecule has 1 aliphatic rings. The standard InChI is InChI=1S/C23H24N4O2/c1-17-16-21(28)22(25-27(17)20-8-4-2-5-9-20)23(29)24-18-10-12-19(13-11-18)26-14-6-3-7-15-26/h2,4-5,8-13,16H,3,6-7,14-15H2,1H3,(H,24,29). The van der Waals surface area contributed by atoms with Crippen molar-refractivity contribution in [2.45, 2.75) is 26.2 Å². The third-order valence-corrected chi connectivity index (χ3v) is 5.17. The van der Waals surface area contributed by atoms with Crippen molar-refractivity contribution < 1.29 is 4.79 Å². The van der Waals surface area contributed by atoms with Crippen molar-refractivity contribution in [3.63, 3.8) is 0 Å². The maximum absolute atomic E-state index is 12.7. The van der Waals surface area contributed by atoms with E-state index in [9.17, 15) is 9.59 Å². The van der Waals surface area contributed by atoms with Crippen LogP contribution in [-0.4, -0.2) is 28.8 Å². The maximum Gasteiger partial charge on any atom is 0.280 e. The minimum absolute atomic E-state index is 0.125. The Bertz CT molecular complexity index is 1050. The fourth-order valence-corrected chi connectivity index (χ4v) is 3.63. The van der Waals surface area contributed by atoms with Crippen molar-refractivity contribution in [3.8, 4) is 5.69 Å². The molecule has 0 aliphatic carbocycles. The fourth-order valence-electron chi connectivity index (χ4n) is 3.63. The SMILES string of the molecule is Cc1cc(=O)c(C(=O)Nc2ccc(N3CCCCC3)cc2)nn1-c1ccccc1. The quantitative estimate of drug-likeness (QED) is 0.739. The number of aromatic nitrogens is 2. The van der Waals surface area contributed by atoms with Crippen LogP contribution in [0.1, 0.15) is 35.4 Å². The monoisotopic (exact) mass is 388 g/mol. The summed E-state index contributed by atoms with van der Waals surface area (Å²) in [6.45, 7) is 3.93. The van der Waals surface area contributed by atoms with Gasteiger partial charge in [-0.25, -0.2) is 4.68 Å². The van der Waals surface area contributed by atoms with Gasteiger partial charge in [-0.3, -0.25) is 9.59 Å². The van der Waals surface area contributed by atoms with Crippen LogP contribution in [0.5, 0.6) is 0 Å². The Balaban J connectivity index is 1.54. The number of nitrogens with zero attached hydrogens (tertiary/aromatic N) is 3. The van der Waals surface area contributed by atoms with Gasteiger partial charge in [0.05, 0.1) is 5.69 Å². The van der Waals surface area contributed by atoms with Gasteiger partial charge in [-0.05, 0) is 62.6 Å². The smallest absolute Gasteiger partial charge is 0.280 e. The predicted octanol–water partition coefficient (Wildman–Crippen LogP) is 3.78. The average Bonchev–Trinajstić information content (AvgIpc) is 2.75. The van der Waals surface area contributed by atoms with E-state index in [-0.39, 0.29) is 5.69 Å². The van der Waals surface area contributed by atoms with Crippen LogP contribution in [0.2, 0.25) is 0 Å². The summed E-state index contributed by atoms with van der Waals surface area (Å²) in [6, 6.07) is 18.6. The Kier molecular flexibility index (Phi) is 5.42. The van der Waals surface area contributed by atoms with E-state index < -0.39 is 11.3 Å². The molecule has 0 spiro atoms. The number of carbonyl (C=O) groups is 1. The summed E-state index contributed by atoms with van der Waals surface area (Å²) in [7, 11) is 0. The van der Waals surface area contributed by atoms with Crippen LogP contribution in [0.3, 0.4) is 0 Å². The molecule has 1 aromatic heterocycles. The first-order valence-corrected chi connectivity index (χ1v) is 9.94. The first kappa shape index (κ1) is 18.9. The van der Waals surface area contributed by atoms with E-state index in [1.54, 1.807) is 11.6 Å². The van der Waals surface area contributed by atoms with Gasteiger partial charge in [0.2, 0.25) is 5.43 Å². The molecule has 0 unspecified atom stereocenters. The molecule has 6 heteroatoms. The highest BCUT2D eigenvalue weighted by atomic mass is 16.2. The van der Waals surface area contributed by atoms with Gasteiger partial charge in [0.1, 0.15) is 0 Å². The number of hydrogen-bond acceptors (Lipinski definition) is 4. The zero-order chi connectivity index (χ0) is 20.2. The molecule has 2 aromatic carbocycles. The third-order valence-electron chi connectivity index (χ3n) is 5.17. The minimum atomic E-state index is -0.509. The Morgan fingerprint density at radius 3 is 2.31 bits per heavy atom. The van der Waals surface area contributed by atoms with Gasteiger partial charge in [-0.15, -0.1) is 0 Å². The molecule has 0 bridgehead atoms. The molecule has 0 saturated carbocycles. The lowest BCUT2D eigenvalue weighted by Crippen LogP contribution is -2.29. The number of carbonyl (C=O) groups excluding carboxylic acids is 1. The van der Waals surface area contributed by atoms with Crippen LogP contribution in [-0.2, 0) is 0 Å². The zero-order valence-corrected chi connectivity index (χ0v) is 16.5. The second-order valence-electron chi connectivity index (χ2n) is 7.29. The predicted molar refractivity (Wildman–Crippen MR) is 115 cm³/mol. The van der Waals surface area contributed by atoms with Crippen LogP contribution in [0, 0.1) is 6.92 Å². The van der Waals surface area contributed by atoms with Gasteiger partial charge in [0, 0.05) is 36.2 Å². The van der Waals surface area contributed by atoms with Gasteiger partial charge in [0.25, 0.3) is 5.91 Å². The minimum Gasteiger partial charge on any atom is -0.372 e. The highest BCUT2D eigenvalue weighted by Crippen LogP contribution is 2.22. The van der Waals surface area contributed by atoms with E-state index in [4.69, 9.17) is 0 Å². The lowest BCUT2D eigenvalue weighted by atomic mass is 10.1. The lowest BCUT2D eigenvalue weighted by Gasteiger charge is -2.28. The molecule has 6 nitrogen and oxygen atoms in total. The van der Waals surface area contributed by atoms with Crippen LogP contribution in [0.15, 0.2) is 65.5 Å².